The first-order valence-electron chi connectivity index (χ1n) is 9.76. The van der Waals surface area contributed by atoms with Gasteiger partial charge < -0.3 is 5.11 Å². The number of aromatic nitrogens is 5. The van der Waals surface area contributed by atoms with E-state index in [1.807, 2.05) is 30.3 Å². The van der Waals surface area contributed by atoms with Crippen LogP contribution in [0.1, 0.15) is 41.2 Å². The molecule has 0 amide bonds. The Morgan fingerprint density at radius 1 is 1.07 bits per heavy atom. The van der Waals surface area contributed by atoms with E-state index >= 15 is 0 Å². The molecule has 0 saturated carbocycles. The van der Waals surface area contributed by atoms with Crippen molar-refractivity contribution in [2.24, 2.45) is 0 Å². The second-order valence-electron chi connectivity index (χ2n) is 7.73. The topological polar surface area (TPSA) is 90.8 Å². The van der Waals surface area contributed by atoms with Crippen molar-refractivity contribution in [1.82, 2.24) is 30.5 Å². The molecular weight excluding hydrogens is 352 g/mol. The van der Waals surface area contributed by atoms with Gasteiger partial charge in [0.25, 0.3) is 0 Å². The van der Waals surface area contributed by atoms with Gasteiger partial charge in [-0.05, 0) is 43.0 Å². The number of hydrogen-bond acceptors (Lipinski definition) is 6. The third kappa shape index (κ3) is 4.61. The van der Waals surface area contributed by atoms with E-state index in [-0.39, 0.29) is 0 Å². The van der Waals surface area contributed by atoms with Crippen LogP contribution in [0.4, 0.5) is 0 Å². The van der Waals surface area contributed by atoms with Crippen LogP contribution in [-0.2, 0) is 19.4 Å². The average Bonchev–Trinajstić information content (AvgIpc) is 3.19. The summed E-state index contributed by atoms with van der Waals surface area (Å²) in [6.07, 6.45) is 2.86. The number of aromatic amines is 1. The summed E-state index contributed by atoms with van der Waals surface area (Å²) in [5.74, 6) is 0.642. The van der Waals surface area contributed by atoms with Crippen molar-refractivity contribution in [3.63, 3.8) is 0 Å². The van der Waals surface area contributed by atoms with Crippen molar-refractivity contribution in [1.29, 1.82) is 0 Å². The van der Waals surface area contributed by atoms with Crippen LogP contribution in [-0.4, -0.2) is 54.3 Å². The maximum atomic E-state index is 11.1. The highest BCUT2D eigenvalue weighted by Gasteiger charge is 2.32. The van der Waals surface area contributed by atoms with Crippen LogP contribution >= 0.6 is 0 Å². The number of hydrogen-bond donors (Lipinski definition) is 2. The molecule has 3 heterocycles. The third-order valence-corrected chi connectivity index (χ3v) is 5.55. The van der Waals surface area contributed by atoms with Crippen molar-refractivity contribution in [2.75, 3.05) is 13.1 Å². The molecule has 2 aromatic heterocycles. The molecule has 7 heteroatoms. The summed E-state index contributed by atoms with van der Waals surface area (Å²) < 4.78 is 0. The summed E-state index contributed by atoms with van der Waals surface area (Å²) in [6, 6.07) is 14.4. The number of tetrazole rings is 1. The molecule has 28 heavy (non-hydrogen) atoms. The molecule has 1 aliphatic rings. The Labute approximate surface area is 164 Å². The molecule has 1 fully saturated rings. The average molecular weight is 378 g/mol. The standard InChI is InChI=1S/C21H26N6O/c1-16-5-2-3-6-17(16)14-21(28)9-11-27(12-10-21)15-19-8-4-7-18(22-19)13-20-23-25-26-24-20/h2-8,28H,9-15H2,1H3,(H,23,24,25,26). The zero-order chi connectivity index (χ0) is 19.4. The maximum Gasteiger partial charge on any atom is 0.180 e. The lowest BCUT2D eigenvalue weighted by molar-refractivity contribution is -0.0228. The van der Waals surface area contributed by atoms with Gasteiger partial charge in [-0.25, -0.2) is 0 Å². The largest absolute Gasteiger partial charge is 0.389 e. The fraction of sp³-hybridized carbons (Fsp3) is 0.429. The predicted octanol–water partition coefficient (Wildman–Crippen LogP) is 2.06. The lowest BCUT2D eigenvalue weighted by Gasteiger charge is -2.38. The lowest BCUT2D eigenvalue weighted by Crippen LogP contribution is -2.45. The number of rotatable bonds is 6. The number of aliphatic hydroxyl groups is 1. The van der Waals surface area contributed by atoms with Crippen LogP contribution in [0.15, 0.2) is 42.5 Å². The number of benzene rings is 1. The number of nitrogens with zero attached hydrogens (tertiary/aromatic N) is 5. The van der Waals surface area contributed by atoms with Gasteiger partial charge in [-0.2, -0.15) is 5.21 Å². The predicted molar refractivity (Wildman–Crippen MR) is 106 cm³/mol. The summed E-state index contributed by atoms with van der Waals surface area (Å²) in [5.41, 5.74) is 3.85. The molecule has 0 radical (unpaired) electrons. The van der Waals surface area contributed by atoms with Crippen molar-refractivity contribution >= 4 is 0 Å². The number of pyridine rings is 1. The SMILES string of the molecule is Cc1ccccc1CC1(O)CCN(Cc2cccc(Cc3nn[nH]n3)n2)CC1. The minimum Gasteiger partial charge on any atom is -0.389 e. The molecule has 7 nitrogen and oxygen atoms in total. The van der Waals surface area contributed by atoms with Crippen LogP contribution in [0.25, 0.3) is 0 Å². The van der Waals surface area contributed by atoms with E-state index in [1.165, 1.54) is 11.1 Å². The molecule has 3 aromatic rings. The molecule has 0 spiro atoms. The maximum absolute atomic E-state index is 11.1. The molecule has 146 valence electrons. The summed E-state index contributed by atoms with van der Waals surface area (Å²) in [6.45, 7) is 4.65. The molecule has 2 N–H and O–H groups in total. The van der Waals surface area contributed by atoms with Crippen molar-refractivity contribution < 1.29 is 5.11 Å². The quantitative estimate of drug-likeness (QED) is 0.682. The summed E-state index contributed by atoms with van der Waals surface area (Å²) in [7, 11) is 0. The first kappa shape index (κ1) is 18.7. The molecule has 0 aliphatic carbocycles. The van der Waals surface area contributed by atoms with Crippen LogP contribution in [0.3, 0.4) is 0 Å². The molecule has 0 unspecified atom stereocenters. The van der Waals surface area contributed by atoms with Gasteiger partial charge in [-0.15, -0.1) is 10.2 Å². The third-order valence-electron chi connectivity index (χ3n) is 5.55. The van der Waals surface area contributed by atoms with E-state index < -0.39 is 5.60 Å². The molecule has 1 aliphatic heterocycles. The number of H-pyrrole nitrogens is 1. The van der Waals surface area contributed by atoms with E-state index in [2.05, 4.69) is 44.6 Å². The number of nitrogens with one attached hydrogen (secondary N) is 1. The van der Waals surface area contributed by atoms with Gasteiger partial charge in [0.15, 0.2) is 5.82 Å². The van der Waals surface area contributed by atoms with Gasteiger partial charge in [0.2, 0.25) is 0 Å². The highest BCUT2D eigenvalue weighted by molar-refractivity contribution is 5.27. The molecule has 1 saturated heterocycles. The Balaban J connectivity index is 1.33. The van der Waals surface area contributed by atoms with Crippen molar-refractivity contribution in [3.8, 4) is 0 Å². The Bertz CT molecular complexity index is 903. The Morgan fingerprint density at radius 3 is 2.61 bits per heavy atom. The molecule has 1 aromatic carbocycles. The van der Waals surface area contributed by atoms with Gasteiger partial charge in [-0.1, -0.05) is 35.5 Å². The van der Waals surface area contributed by atoms with Crippen LogP contribution < -0.4 is 0 Å². The first-order chi connectivity index (χ1) is 13.6. The minimum atomic E-state index is -0.615. The fourth-order valence-corrected chi connectivity index (χ4v) is 3.83. The second kappa shape index (κ2) is 8.16. The van der Waals surface area contributed by atoms with Gasteiger partial charge >= 0.3 is 0 Å². The summed E-state index contributed by atoms with van der Waals surface area (Å²) >= 11 is 0. The van der Waals surface area contributed by atoms with Crippen molar-refractivity contribution in [3.05, 3.63) is 70.8 Å². The lowest BCUT2D eigenvalue weighted by atomic mass is 9.84. The van der Waals surface area contributed by atoms with Gasteiger partial charge in [-0.3, -0.25) is 9.88 Å². The number of likely N-dealkylation sites (tertiary alicyclic amines) is 1. The van der Waals surface area contributed by atoms with Gasteiger partial charge in [0.05, 0.1) is 17.7 Å². The van der Waals surface area contributed by atoms with E-state index in [4.69, 9.17) is 4.98 Å². The highest BCUT2D eigenvalue weighted by Crippen LogP contribution is 2.28. The van der Waals surface area contributed by atoms with Gasteiger partial charge in [0, 0.05) is 31.7 Å². The molecule has 4 rings (SSSR count). The summed E-state index contributed by atoms with van der Waals surface area (Å²) in [5, 5.41) is 25.1. The monoisotopic (exact) mass is 378 g/mol. The number of piperidine rings is 1. The first-order valence-corrected chi connectivity index (χ1v) is 9.76. The van der Waals surface area contributed by atoms with E-state index in [0.29, 0.717) is 12.2 Å². The van der Waals surface area contributed by atoms with E-state index in [9.17, 15) is 5.11 Å². The molecular formula is C21H26N6O. The minimum absolute atomic E-state index is 0.570. The zero-order valence-corrected chi connectivity index (χ0v) is 16.2. The smallest absolute Gasteiger partial charge is 0.180 e. The molecule has 0 bridgehead atoms. The Morgan fingerprint density at radius 2 is 1.86 bits per heavy atom. The second-order valence-corrected chi connectivity index (χ2v) is 7.73. The van der Waals surface area contributed by atoms with E-state index in [0.717, 1.165) is 50.3 Å². The normalized spacial score (nSPS) is 16.9. The Kier molecular flexibility index (Phi) is 5.45. The van der Waals surface area contributed by atoms with E-state index in [1.54, 1.807) is 0 Å². The van der Waals surface area contributed by atoms with Gasteiger partial charge in [0.1, 0.15) is 0 Å². The summed E-state index contributed by atoms with van der Waals surface area (Å²) in [4.78, 5) is 7.10. The highest BCUT2D eigenvalue weighted by atomic mass is 16.3. The van der Waals surface area contributed by atoms with Crippen LogP contribution in [0.5, 0.6) is 0 Å². The Hall–Kier alpha value is -2.64. The number of aryl methyl sites for hydroxylation is 1. The molecule has 0 atom stereocenters. The van der Waals surface area contributed by atoms with Crippen molar-refractivity contribution in [2.45, 2.75) is 44.8 Å². The zero-order valence-electron chi connectivity index (χ0n) is 16.2. The fourth-order valence-electron chi connectivity index (χ4n) is 3.83. The van der Waals surface area contributed by atoms with Crippen LogP contribution in [0.2, 0.25) is 0 Å². The van der Waals surface area contributed by atoms with Crippen LogP contribution in [0, 0.1) is 6.92 Å².